The molecule has 0 atom stereocenters. The van der Waals surface area contributed by atoms with Crippen molar-refractivity contribution in [2.24, 2.45) is 5.14 Å². The molecular weight excluding hydrogens is 266 g/mol. The molecule has 0 unspecified atom stereocenters. The third kappa shape index (κ3) is 4.59. The van der Waals surface area contributed by atoms with Crippen molar-refractivity contribution in [1.29, 1.82) is 0 Å². The van der Waals surface area contributed by atoms with E-state index in [9.17, 15) is 13.2 Å². The largest absolute Gasteiger partial charge is 0.337 e. The van der Waals surface area contributed by atoms with Gasteiger partial charge in [0.05, 0.1) is 4.90 Å². The fourth-order valence-electron chi connectivity index (χ4n) is 1.09. The maximum Gasteiger partial charge on any atom is 0.319 e. The Hall–Kier alpha value is -1.31. The van der Waals surface area contributed by atoms with Gasteiger partial charge in [0.2, 0.25) is 10.0 Å². The quantitative estimate of drug-likeness (QED) is 0.706. The van der Waals surface area contributed by atoms with Crippen LogP contribution in [0.5, 0.6) is 0 Å². The Morgan fingerprint density at radius 3 is 2.71 bits per heavy atom. The van der Waals surface area contributed by atoms with E-state index in [4.69, 9.17) is 16.7 Å². The molecule has 0 aliphatic heterocycles. The van der Waals surface area contributed by atoms with Gasteiger partial charge in [0.25, 0.3) is 0 Å². The van der Waals surface area contributed by atoms with Crippen LogP contribution in [0.15, 0.2) is 29.2 Å². The maximum absolute atomic E-state index is 11.3. The number of nitrogens with one attached hydrogen (secondary N) is 2. The number of primary sulfonamides is 1. The Morgan fingerprint density at radius 1 is 1.41 bits per heavy atom. The summed E-state index contributed by atoms with van der Waals surface area (Å²) in [5.41, 5.74) is 0.337. The van der Waals surface area contributed by atoms with E-state index in [0.717, 1.165) is 0 Å². The van der Waals surface area contributed by atoms with Crippen molar-refractivity contribution < 1.29 is 13.2 Å². The van der Waals surface area contributed by atoms with Gasteiger partial charge in [-0.3, -0.25) is 0 Å². The number of nitrogens with two attached hydrogens (primary N) is 1. The minimum absolute atomic E-state index is 0.0624. The molecule has 0 heterocycles. The number of sulfonamides is 1. The number of carbonyl (C=O) groups excluding carboxylic acids is 1. The number of hydrogen-bond donors (Lipinski definition) is 3. The minimum atomic E-state index is -3.77. The van der Waals surface area contributed by atoms with Gasteiger partial charge in [-0.1, -0.05) is 6.07 Å². The molecule has 94 valence electrons. The highest BCUT2D eigenvalue weighted by Gasteiger charge is 2.08. The molecule has 0 saturated heterocycles. The lowest BCUT2D eigenvalue weighted by Crippen LogP contribution is -2.30. The van der Waals surface area contributed by atoms with Crippen LogP contribution in [0.4, 0.5) is 10.5 Å². The van der Waals surface area contributed by atoms with Gasteiger partial charge >= 0.3 is 6.03 Å². The molecule has 4 N–H and O–H groups in total. The van der Waals surface area contributed by atoms with Crippen LogP contribution in [0.25, 0.3) is 0 Å². The zero-order valence-corrected chi connectivity index (χ0v) is 10.4. The first-order chi connectivity index (χ1) is 7.93. The van der Waals surface area contributed by atoms with Crippen molar-refractivity contribution in [2.45, 2.75) is 4.90 Å². The van der Waals surface area contributed by atoms with Gasteiger partial charge in [0.1, 0.15) is 0 Å². The molecule has 0 aromatic heterocycles. The summed E-state index contributed by atoms with van der Waals surface area (Å²) >= 11 is 5.40. The highest BCUT2D eigenvalue weighted by molar-refractivity contribution is 7.89. The normalized spacial score (nSPS) is 10.9. The minimum Gasteiger partial charge on any atom is -0.337 e. The van der Waals surface area contributed by atoms with E-state index in [2.05, 4.69) is 10.6 Å². The summed E-state index contributed by atoms with van der Waals surface area (Å²) in [6.07, 6.45) is 0. The van der Waals surface area contributed by atoms with E-state index < -0.39 is 16.1 Å². The molecule has 0 aliphatic carbocycles. The van der Waals surface area contributed by atoms with Gasteiger partial charge in [-0.2, -0.15) is 0 Å². The number of rotatable bonds is 4. The van der Waals surface area contributed by atoms with Crippen LogP contribution < -0.4 is 15.8 Å². The molecule has 6 nitrogen and oxygen atoms in total. The van der Waals surface area contributed by atoms with Crippen molar-refractivity contribution in [3.8, 4) is 0 Å². The molecular formula is C9H12ClN3O3S. The molecule has 0 spiro atoms. The van der Waals surface area contributed by atoms with Gasteiger partial charge in [0.15, 0.2) is 0 Å². The summed E-state index contributed by atoms with van der Waals surface area (Å²) in [6, 6.07) is 5.19. The molecule has 1 aromatic carbocycles. The van der Waals surface area contributed by atoms with Crippen molar-refractivity contribution in [3.05, 3.63) is 24.3 Å². The molecule has 1 rings (SSSR count). The second-order valence-corrected chi connectivity index (χ2v) is 5.08. The zero-order chi connectivity index (χ0) is 12.9. The third-order valence-corrected chi connectivity index (χ3v) is 2.90. The Morgan fingerprint density at radius 2 is 2.12 bits per heavy atom. The number of amides is 2. The highest BCUT2D eigenvalue weighted by atomic mass is 35.5. The number of benzene rings is 1. The average Bonchev–Trinajstić information content (AvgIpc) is 2.25. The first-order valence-electron chi connectivity index (χ1n) is 4.67. The molecule has 0 radical (unpaired) electrons. The van der Waals surface area contributed by atoms with Gasteiger partial charge < -0.3 is 10.6 Å². The SMILES string of the molecule is NS(=O)(=O)c1cccc(NC(=O)NCCCl)c1. The zero-order valence-electron chi connectivity index (χ0n) is 8.81. The number of alkyl halides is 1. The van der Waals surface area contributed by atoms with Gasteiger partial charge in [-0.05, 0) is 18.2 Å². The molecule has 1 aromatic rings. The first kappa shape index (κ1) is 13.8. The van der Waals surface area contributed by atoms with Crippen molar-refractivity contribution in [3.63, 3.8) is 0 Å². The van der Waals surface area contributed by atoms with Crippen LogP contribution >= 0.6 is 11.6 Å². The van der Waals surface area contributed by atoms with E-state index in [1.54, 1.807) is 6.07 Å². The van der Waals surface area contributed by atoms with E-state index in [-0.39, 0.29) is 4.90 Å². The molecule has 0 fully saturated rings. The molecule has 8 heteroatoms. The maximum atomic E-state index is 11.3. The van der Waals surface area contributed by atoms with Gasteiger partial charge in [0, 0.05) is 18.1 Å². The van der Waals surface area contributed by atoms with Crippen LogP contribution in [0.2, 0.25) is 0 Å². The summed E-state index contributed by atoms with van der Waals surface area (Å²) in [7, 11) is -3.77. The number of urea groups is 1. The van der Waals surface area contributed by atoms with E-state index in [1.165, 1.54) is 18.2 Å². The number of anilines is 1. The van der Waals surface area contributed by atoms with E-state index in [0.29, 0.717) is 18.1 Å². The van der Waals surface area contributed by atoms with Gasteiger partial charge in [-0.25, -0.2) is 18.4 Å². The lowest BCUT2D eigenvalue weighted by molar-refractivity contribution is 0.252. The van der Waals surface area contributed by atoms with Crippen LogP contribution in [0.1, 0.15) is 0 Å². The van der Waals surface area contributed by atoms with Crippen LogP contribution in [-0.4, -0.2) is 26.9 Å². The smallest absolute Gasteiger partial charge is 0.319 e. The molecule has 0 aliphatic rings. The topological polar surface area (TPSA) is 101 Å². The second-order valence-electron chi connectivity index (χ2n) is 3.14. The Bertz CT molecular complexity index is 504. The first-order valence-corrected chi connectivity index (χ1v) is 6.75. The van der Waals surface area contributed by atoms with Crippen LogP contribution in [-0.2, 0) is 10.0 Å². The van der Waals surface area contributed by atoms with Crippen molar-refractivity contribution >= 4 is 33.3 Å². The van der Waals surface area contributed by atoms with Crippen LogP contribution in [0, 0.1) is 0 Å². The Kier molecular flexibility index (Phi) is 4.73. The fourth-order valence-corrected chi connectivity index (χ4v) is 1.74. The van der Waals surface area contributed by atoms with Gasteiger partial charge in [-0.15, -0.1) is 11.6 Å². The lowest BCUT2D eigenvalue weighted by Gasteiger charge is -2.07. The third-order valence-electron chi connectivity index (χ3n) is 1.80. The molecule has 0 saturated carbocycles. The number of halogens is 1. The average molecular weight is 278 g/mol. The Labute approximate surface area is 104 Å². The summed E-state index contributed by atoms with van der Waals surface area (Å²) < 4.78 is 22.1. The highest BCUT2D eigenvalue weighted by Crippen LogP contribution is 2.13. The second kappa shape index (κ2) is 5.85. The summed E-state index contributed by atoms with van der Waals surface area (Å²) in [4.78, 5) is 11.2. The van der Waals surface area contributed by atoms with E-state index in [1.807, 2.05) is 0 Å². The lowest BCUT2D eigenvalue weighted by atomic mass is 10.3. The van der Waals surface area contributed by atoms with Crippen molar-refractivity contribution in [2.75, 3.05) is 17.7 Å². The summed E-state index contributed by atoms with van der Waals surface area (Å²) in [6.45, 7) is 0.322. The van der Waals surface area contributed by atoms with Crippen molar-refractivity contribution in [1.82, 2.24) is 5.32 Å². The van der Waals surface area contributed by atoms with E-state index >= 15 is 0 Å². The summed E-state index contributed by atoms with van der Waals surface area (Å²) in [5.74, 6) is 0.296. The fraction of sp³-hybridized carbons (Fsp3) is 0.222. The number of hydrogen-bond acceptors (Lipinski definition) is 3. The standard InChI is InChI=1S/C9H12ClN3O3S/c10-4-5-12-9(14)13-7-2-1-3-8(6-7)17(11,15)16/h1-3,6H,4-5H2,(H2,11,15,16)(H2,12,13,14). The predicted molar refractivity (Wildman–Crippen MR) is 65.6 cm³/mol. The Balaban J connectivity index is 2.76. The predicted octanol–water partition coefficient (Wildman–Crippen LogP) is 0.694. The van der Waals surface area contributed by atoms with Crippen LogP contribution in [0.3, 0.4) is 0 Å². The summed E-state index contributed by atoms with van der Waals surface area (Å²) in [5, 5.41) is 9.90. The molecule has 2 amide bonds. The monoisotopic (exact) mass is 277 g/mol. The molecule has 0 bridgehead atoms. The molecule has 17 heavy (non-hydrogen) atoms. The number of carbonyl (C=O) groups is 1.